The number of Topliss-reactive ketones (excluding diaryl/α,β-unsaturated/α-hetero) is 1. The number of carbonyl (C=O) groups is 2. The van der Waals surface area contributed by atoms with Crippen LogP contribution in [0.25, 0.3) is 0 Å². The van der Waals surface area contributed by atoms with Crippen molar-refractivity contribution < 1.29 is 11.0 Å². The lowest BCUT2D eigenvalue weighted by molar-refractivity contribution is -0.127. The Balaban J connectivity index is 0.00000324. The van der Waals surface area contributed by atoms with Crippen molar-refractivity contribution in [3.8, 4) is 0 Å². The molecule has 0 bridgehead atoms. The van der Waals surface area contributed by atoms with Gasteiger partial charge in [-0.05, 0) is 37.7 Å². The Morgan fingerprint density at radius 3 is 2.44 bits per heavy atom. The van der Waals surface area contributed by atoms with E-state index >= 15 is 0 Å². The number of ketones is 1. The smallest absolute Gasteiger partial charge is 0.220 e. The first-order valence-corrected chi connectivity index (χ1v) is 7.05. The first-order chi connectivity index (χ1) is 8.56. The number of carbonyl (C=O) groups excluding carboxylic acids is 2. The molecule has 1 aliphatic carbocycles. The molecule has 1 N–H and O–H groups in total. The Kier molecular flexibility index (Phi) is 6.10. The molecule has 0 spiro atoms. The number of hydrogen-bond donors (Lipinski definition) is 1. The molecule has 0 aromatic carbocycles. The van der Waals surface area contributed by atoms with Gasteiger partial charge in [0, 0.05) is 7.85 Å². The fraction of sp³-hybridized carbons (Fsp3) is 0.733. The van der Waals surface area contributed by atoms with Crippen molar-refractivity contribution in [2.24, 2.45) is 5.92 Å². The summed E-state index contributed by atoms with van der Waals surface area (Å²) in [6.07, 6.45) is 6.94. The molecular weight excluding hydrogens is 226 g/mol. The predicted octanol–water partition coefficient (Wildman–Crippen LogP) is 3.24. The maximum absolute atomic E-state index is 12.2. The van der Waals surface area contributed by atoms with Crippen LogP contribution in [0.4, 0.5) is 0 Å². The molecule has 3 heteroatoms. The van der Waals surface area contributed by atoms with Gasteiger partial charge in [-0.3, -0.25) is 9.59 Å². The topological polar surface area (TPSA) is 46.2 Å². The van der Waals surface area contributed by atoms with Gasteiger partial charge in [-0.15, -0.1) is 0 Å². The molecule has 1 unspecified atom stereocenters. The molecule has 0 aliphatic heterocycles. The molecule has 3 nitrogen and oxygen atoms in total. The van der Waals surface area contributed by atoms with E-state index in [1.54, 1.807) is 6.92 Å². The molecule has 1 aliphatic rings. The van der Waals surface area contributed by atoms with Gasteiger partial charge >= 0.3 is 0 Å². The van der Waals surface area contributed by atoms with Crippen molar-refractivity contribution in [1.82, 2.24) is 5.32 Å². The lowest BCUT2D eigenvalue weighted by Crippen LogP contribution is -2.46. The van der Waals surface area contributed by atoms with Crippen LogP contribution >= 0.6 is 0 Å². The summed E-state index contributed by atoms with van der Waals surface area (Å²) in [5.41, 5.74) is 0.544. The summed E-state index contributed by atoms with van der Waals surface area (Å²) in [4.78, 5) is 23.9. The van der Waals surface area contributed by atoms with Gasteiger partial charge in [0.15, 0.2) is 5.78 Å². The van der Waals surface area contributed by atoms with E-state index < -0.39 is 0 Å². The highest BCUT2D eigenvalue weighted by atomic mass is 16.2. The molecule has 1 rings (SSSR count). The largest absolute Gasteiger partial charge is 0.346 e. The first-order valence-electron chi connectivity index (χ1n) is 7.05. The molecule has 0 radical (unpaired) electrons. The molecule has 0 aromatic rings. The molecule has 0 saturated heterocycles. The lowest BCUT2D eigenvalue weighted by Gasteiger charge is -2.30. The third-order valence-electron chi connectivity index (χ3n) is 3.62. The van der Waals surface area contributed by atoms with Crippen LogP contribution in [0.1, 0.15) is 60.2 Å². The van der Waals surface area contributed by atoms with Gasteiger partial charge in [-0.1, -0.05) is 32.8 Å². The monoisotopic (exact) mass is 253 g/mol. The maximum Gasteiger partial charge on any atom is 0.220 e. The summed E-state index contributed by atoms with van der Waals surface area (Å²) in [5.74, 6) is 0.290. The first kappa shape index (κ1) is 14.9. The number of rotatable bonds is 6. The molecule has 18 heavy (non-hydrogen) atoms. The van der Waals surface area contributed by atoms with Gasteiger partial charge in [0.05, 0.1) is 6.04 Å². The minimum absolute atomic E-state index is 0. The zero-order chi connectivity index (χ0) is 13.5. The van der Waals surface area contributed by atoms with Crippen molar-refractivity contribution >= 4 is 11.7 Å². The number of hydrogen-bond acceptors (Lipinski definition) is 2. The van der Waals surface area contributed by atoms with E-state index in [4.69, 9.17) is 0 Å². The molecule has 104 valence electrons. The van der Waals surface area contributed by atoms with Gasteiger partial charge in [-0.2, -0.15) is 0 Å². The van der Waals surface area contributed by atoms with Crippen molar-refractivity contribution in [1.29, 1.82) is 0 Å². The second kappa shape index (κ2) is 7.34. The zero-order valence-electron chi connectivity index (χ0n) is 11.6. The summed E-state index contributed by atoms with van der Waals surface area (Å²) in [7, 11) is 0. The molecule has 1 atom stereocenters. The number of nitrogens with one attached hydrogen (secondary N) is 1. The second-order valence-corrected chi connectivity index (χ2v) is 5.34. The molecule has 1 amide bonds. The Morgan fingerprint density at radius 1 is 1.33 bits per heavy atom. The van der Waals surface area contributed by atoms with Crippen LogP contribution in [0.5, 0.6) is 0 Å². The maximum atomic E-state index is 12.2. The van der Waals surface area contributed by atoms with Crippen molar-refractivity contribution in [2.45, 2.75) is 64.8 Å². The van der Waals surface area contributed by atoms with Crippen molar-refractivity contribution in [3.05, 3.63) is 12.2 Å². The van der Waals surface area contributed by atoms with E-state index in [0.717, 1.165) is 32.1 Å². The van der Waals surface area contributed by atoms with Crippen LogP contribution in [0.2, 0.25) is 0 Å². The predicted molar refractivity (Wildman–Crippen MR) is 75.3 cm³/mol. The van der Waals surface area contributed by atoms with Crippen LogP contribution in [0.3, 0.4) is 0 Å². The van der Waals surface area contributed by atoms with E-state index in [9.17, 15) is 9.59 Å². The highest BCUT2D eigenvalue weighted by Crippen LogP contribution is 2.27. The van der Waals surface area contributed by atoms with E-state index in [2.05, 4.69) is 11.9 Å². The Hall–Kier alpha value is -1.12. The van der Waals surface area contributed by atoms with E-state index in [-0.39, 0.29) is 19.2 Å². The fourth-order valence-electron chi connectivity index (χ4n) is 2.60. The summed E-state index contributed by atoms with van der Waals surface area (Å²) >= 11 is 0. The third-order valence-corrected chi connectivity index (χ3v) is 3.62. The molecule has 0 aromatic heterocycles. The minimum Gasteiger partial charge on any atom is -0.346 e. The van der Waals surface area contributed by atoms with Crippen LogP contribution in [-0.4, -0.2) is 17.7 Å². The van der Waals surface area contributed by atoms with E-state index in [1.807, 2.05) is 6.92 Å². The third kappa shape index (κ3) is 4.28. The highest BCUT2D eigenvalue weighted by molar-refractivity contribution is 6.00. The highest BCUT2D eigenvalue weighted by Gasteiger charge is 2.30. The number of amides is 1. The quantitative estimate of drug-likeness (QED) is 0.739. The van der Waals surface area contributed by atoms with E-state index in [0.29, 0.717) is 17.9 Å². The zero-order valence-corrected chi connectivity index (χ0v) is 11.6. The van der Waals surface area contributed by atoms with Gasteiger partial charge in [0.25, 0.3) is 0 Å². The molecular formula is C15H27NO2. The summed E-state index contributed by atoms with van der Waals surface area (Å²) < 4.78 is 0. The van der Waals surface area contributed by atoms with Crippen molar-refractivity contribution in [3.63, 3.8) is 0 Å². The van der Waals surface area contributed by atoms with Gasteiger partial charge in [0.2, 0.25) is 5.91 Å². The van der Waals surface area contributed by atoms with Crippen LogP contribution < -0.4 is 5.32 Å². The Bertz CT molecular complexity index is 322. The molecule has 1 fully saturated rings. The normalized spacial score (nSPS) is 18.1. The second-order valence-electron chi connectivity index (χ2n) is 5.34. The average Bonchev–Trinajstić information content (AvgIpc) is 2.36. The van der Waals surface area contributed by atoms with Crippen LogP contribution in [0, 0.1) is 5.92 Å². The fourth-order valence-corrected chi connectivity index (χ4v) is 2.60. The van der Waals surface area contributed by atoms with Crippen LogP contribution in [-0.2, 0) is 9.59 Å². The Morgan fingerprint density at radius 2 is 1.94 bits per heavy atom. The summed E-state index contributed by atoms with van der Waals surface area (Å²) in [6, 6.07) is -0.346. The van der Waals surface area contributed by atoms with E-state index in [1.165, 1.54) is 6.42 Å². The lowest BCUT2D eigenvalue weighted by atomic mass is 9.81. The SMILES string of the molecule is C=C(C)C(=O)C(NC(=O)CCC)C1CCCCC1.[HH]. The van der Waals surface area contributed by atoms with Gasteiger partial charge < -0.3 is 5.32 Å². The Labute approximate surface area is 112 Å². The molecule has 1 saturated carbocycles. The standard InChI is InChI=1S/C15H25NO2.H2/c1-4-8-13(17)16-14(15(18)11(2)3)12-9-6-5-7-10-12;/h12,14H,2,4-10H2,1,3H3,(H,16,17);1H. The molecule has 0 heterocycles. The van der Waals surface area contributed by atoms with Crippen LogP contribution in [0.15, 0.2) is 12.2 Å². The average molecular weight is 253 g/mol. The minimum atomic E-state index is -0.346. The van der Waals surface area contributed by atoms with Gasteiger partial charge in [-0.25, -0.2) is 0 Å². The van der Waals surface area contributed by atoms with Gasteiger partial charge in [0.1, 0.15) is 0 Å². The summed E-state index contributed by atoms with van der Waals surface area (Å²) in [6.45, 7) is 7.42. The van der Waals surface area contributed by atoms with Crippen molar-refractivity contribution in [2.75, 3.05) is 0 Å². The summed E-state index contributed by atoms with van der Waals surface area (Å²) in [5, 5.41) is 2.92.